The van der Waals surface area contributed by atoms with E-state index in [0.29, 0.717) is 23.5 Å². The lowest BCUT2D eigenvalue weighted by atomic mass is 9.80. The van der Waals surface area contributed by atoms with Crippen molar-refractivity contribution in [2.24, 2.45) is 11.8 Å². The van der Waals surface area contributed by atoms with Gasteiger partial charge in [-0.25, -0.2) is 0 Å². The van der Waals surface area contributed by atoms with E-state index in [4.69, 9.17) is 4.52 Å². The maximum Gasteiger partial charge on any atom is 0.141 e. The largest absolute Gasteiger partial charge is 0.508 e. The van der Waals surface area contributed by atoms with Crippen LogP contribution in [0.5, 0.6) is 5.75 Å². The molecule has 0 radical (unpaired) electrons. The number of fused-ring (bicyclic) bond motifs is 1. The summed E-state index contributed by atoms with van der Waals surface area (Å²) in [6.07, 6.45) is 6.34. The fourth-order valence-corrected chi connectivity index (χ4v) is 4.45. The molecular weight excluding hydrogens is 274 g/mol. The summed E-state index contributed by atoms with van der Waals surface area (Å²) >= 11 is 0. The van der Waals surface area contributed by atoms with Crippen molar-refractivity contribution < 1.29 is 9.63 Å². The molecule has 0 spiro atoms. The number of aryl methyl sites for hydroxylation is 2. The molecule has 1 heterocycles. The van der Waals surface area contributed by atoms with E-state index in [0.717, 1.165) is 11.5 Å². The maximum atomic E-state index is 9.59. The first-order chi connectivity index (χ1) is 10.6. The van der Waals surface area contributed by atoms with E-state index in [-0.39, 0.29) is 0 Å². The van der Waals surface area contributed by atoms with Gasteiger partial charge in [-0.1, -0.05) is 29.8 Å². The molecule has 2 aliphatic carbocycles. The predicted octanol–water partition coefficient (Wildman–Crippen LogP) is 4.59. The molecule has 0 saturated heterocycles. The Hall–Kier alpha value is -2.03. The van der Waals surface area contributed by atoms with Crippen LogP contribution in [0.3, 0.4) is 0 Å². The number of allylic oxidation sites excluding steroid dienone is 2. The second-order valence-electron chi connectivity index (χ2n) is 6.65. The van der Waals surface area contributed by atoms with Gasteiger partial charge in [0.05, 0.1) is 5.69 Å². The number of phenolic OH excluding ortho intramolecular Hbond substituents is 1. The third-order valence-corrected chi connectivity index (χ3v) is 5.36. The lowest BCUT2D eigenvalue weighted by Crippen LogP contribution is -2.11. The van der Waals surface area contributed by atoms with Crippen molar-refractivity contribution in [2.45, 2.75) is 39.0 Å². The van der Waals surface area contributed by atoms with E-state index in [9.17, 15) is 5.11 Å². The molecule has 1 aromatic heterocycles. The number of aromatic nitrogens is 1. The van der Waals surface area contributed by atoms with E-state index in [2.05, 4.69) is 23.4 Å². The van der Waals surface area contributed by atoms with Gasteiger partial charge in [-0.05, 0) is 61.8 Å². The molecule has 0 amide bonds. The zero-order valence-corrected chi connectivity index (χ0v) is 13.0. The molecule has 3 atom stereocenters. The first-order valence-corrected chi connectivity index (χ1v) is 8.09. The highest BCUT2D eigenvalue weighted by molar-refractivity contribution is 5.77. The van der Waals surface area contributed by atoms with Crippen LogP contribution in [0.1, 0.15) is 47.8 Å². The molecule has 1 N–H and O–H groups in total. The number of hydrogen-bond donors (Lipinski definition) is 1. The molecule has 3 unspecified atom stereocenters. The summed E-state index contributed by atoms with van der Waals surface area (Å²) < 4.78 is 5.40. The molecule has 0 aliphatic heterocycles. The standard InChI is InChI=1S/C19H21NO2/c1-11-18(12(2)22-20-11)17-10-14-4-3-5-16(14)19(17)13-6-8-15(21)9-7-13/h6-10,14,16,19,21H,3-5H2,1-2H3. The van der Waals surface area contributed by atoms with Crippen molar-refractivity contribution in [1.82, 2.24) is 5.16 Å². The minimum absolute atomic E-state index is 0.326. The third kappa shape index (κ3) is 1.99. The van der Waals surface area contributed by atoms with Crippen LogP contribution in [-0.2, 0) is 0 Å². The molecule has 1 fully saturated rings. The molecule has 3 heteroatoms. The Labute approximate surface area is 130 Å². The lowest BCUT2D eigenvalue weighted by Gasteiger charge is -2.23. The molecule has 1 aromatic carbocycles. The van der Waals surface area contributed by atoms with Gasteiger partial charge >= 0.3 is 0 Å². The van der Waals surface area contributed by atoms with Gasteiger partial charge in [0.25, 0.3) is 0 Å². The number of nitrogens with zero attached hydrogens (tertiary/aromatic N) is 1. The van der Waals surface area contributed by atoms with Gasteiger partial charge in [-0.15, -0.1) is 0 Å². The van der Waals surface area contributed by atoms with E-state index in [1.807, 2.05) is 13.8 Å². The van der Waals surface area contributed by atoms with Gasteiger partial charge in [0, 0.05) is 11.5 Å². The summed E-state index contributed by atoms with van der Waals surface area (Å²) in [7, 11) is 0. The molecule has 0 bridgehead atoms. The molecule has 1 saturated carbocycles. The van der Waals surface area contributed by atoms with Crippen LogP contribution in [0, 0.1) is 25.7 Å². The zero-order valence-electron chi connectivity index (χ0n) is 13.0. The molecule has 3 nitrogen and oxygen atoms in total. The van der Waals surface area contributed by atoms with Gasteiger partial charge in [0.15, 0.2) is 0 Å². The van der Waals surface area contributed by atoms with Gasteiger partial charge in [-0.3, -0.25) is 0 Å². The van der Waals surface area contributed by atoms with Crippen LogP contribution in [0.4, 0.5) is 0 Å². The molecule has 2 aromatic rings. The number of phenols is 1. The molecule has 2 aliphatic rings. The fraction of sp³-hybridized carbons (Fsp3) is 0.421. The fourth-order valence-electron chi connectivity index (χ4n) is 4.45. The van der Waals surface area contributed by atoms with Crippen LogP contribution in [-0.4, -0.2) is 10.3 Å². The highest BCUT2D eigenvalue weighted by atomic mass is 16.5. The molecular formula is C19H21NO2. The highest BCUT2D eigenvalue weighted by Gasteiger charge is 2.42. The molecule has 4 rings (SSSR count). The van der Waals surface area contributed by atoms with E-state index in [1.165, 1.54) is 36.0 Å². The van der Waals surface area contributed by atoms with E-state index in [1.54, 1.807) is 12.1 Å². The van der Waals surface area contributed by atoms with Gasteiger partial charge in [-0.2, -0.15) is 0 Å². The Balaban J connectivity index is 1.83. The highest BCUT2D eigenvalue weighted by Crippen LogP contribution is 2.55. The first-order valence-electron chi connectivity index (χ1n) is 8.09. The summed E-state index contributed by atoms with van der Waals surface area (Å²) in [5, 5.41) is 13.7. The first kappa shape index (κ1) is 13.6. The molecule has 22 heavy (non-hydrogen) atoms. The van der Waals surface area contributed by atoms with E-state index >= 15 is 0 Å². The average Bonchev–Trinajstić information content (AvgIpc) is 3.15. The Morgan fingerprint density at radius 3 is 2.59 bits per heavy atom. The van der Waals surface area contributed by atoms with Crippen molar-refractivity contribution in [3.8, 4) is 5.75 Å². The zero-order chi connectivity index (χ0) is 15.3. The van der Waals surface area contributed by atoms with Crippen molar-refractivity contribution >= 4 is 5.57 Å². The van der Waals surface area contributed by atoms with Gasteiger partial charge in [0.1, 0.15) is 11.5 Å². The smallest absolute Gasteiger partial charge is 0.141 e. The minimum atomic E-state index is 0.326. The quantitative estimate of drug-likeness (QED) is 0.881. The number of benzene rings is 1. The summed E-state index contributed by atoms with van der Waals surface area (Å²) in [5.74, 6) is 2.97. The SMILES string of the molecule is Cc1noc(C)c1C1=CC2CCCC2C1c1ccc(O)cc1. The maximum absolute atomic E-state index is 9.59. The van der Waals surface area contributed by atoms with Gasteiger partial charge < -0.3 is 9.63 Å². The summed E-state index contributed by atoms with van der Waals surface area (Å²) in [6.45, 7) is 4.02. The second-order valence-corrected chi connectivity index (χ2v) is 6.65. The van der Waals surface area contributed by atoms with Crippen LogP contribution in [0.2, 0.25) is 0 Å². The van der Waals surface area contributed by atoms with Crippen LogP contribution in [0.15, 0.2) is 34.9 Å². The monoisotopic (exact) mass is 295 g/mol. The molecule has 114 valence electrons. The lowest BCUT2D eigenvalue weighted by molar-refractivity contribution is 0.393. The van der Waals surface area contributed by atoms with Crippen LogP contribution in [0.25, 0.3) is 5.57 Å². The minimum Gasteiger partial charge on any atom is -0.508 e. The normalized spacial score (nSPS) is 27.0. The second kappa shape index (κ2) is 5.01. The number of aromatic hydroxyl groups is 1. The predicted molar refractivity (Wildman–Crippen MR) is 85.6 cm³/mol. The Morgan fingerprint density at radius 1 is 1.14 bits per heavy atom. The summed E-state index contributed by atoms with van der Waals surface area (Å²) in [5.41, 5.74) is 4.83. The summed E-state index contributed by atoms with van der Waals surface area (Å²) in [4.78, 5) is 0. The van der Waals surface area contributed by atoms with Crippen molar-refractivity contribution in [3.63, 3.8) is 0 Å². The van der Waals surface area contributed by atoms with Crippen LogP contribution < -0.4 is 0 Å². The Kier molecular flexibility index (Phi) is 3.10. The Morgan fingerprint density at radius 2 is 1.91 bits per heavy atom. The average molecular weight is 295 g/mol. The number of hydrogen-bond acceptors (Lipinski definition) is 3. The third-order valence-electron chi connectivity index (χ3n) is 5.36. The van der Waals surface area contributed by atoms with Gasteiger partial charge in [0.2, 0.25) is 0 Å². The van der Waals surface area contributed by atoms with Crippen LogP contribution >= 0.6 is 0 Å². The Bertz CT molecular complexity index is 707. The summed E-state index contributed by atoms with van der Waals surface area (Å²) in [6, 6.07) is 7.71. The topological polar surface area (TPSA) is 46.3 Å². The van der Waals surface area contributed by atoms with Crippen molar-refractivity contribution in [3.05, 3.63) is 52.9 Å². The van der Waals surface area contributed by atoms with Crippen molar-refractivity contribution in [2.75, 3.05) is 0 Å². The van der Waals surface area contributed by atoms with E-state index < -0.39 is 0 Å². The van der Waals surface area contributed by atoms with Crippen molar-refractivity contribution in [1.29, 1.82) is 0 Å². The number of rotatable bonds is 2.